The molecule has 0 saturated carbocycles. The zero-order valence-electron chi connectivity index (χ0n) is 4.63. The molecule has 0 aliphatic carbocycles. The summed E-state index contributed by atoms with van der Waals surface area (Å²) in [6.45, 7) is 6.52. The molecule has 0 unspecified atom stereocenters. The average molecular weight is 120 g/mol. The third-order valence-electron chi connectivity index (χ3n) is 0.956. The number of benzene rings is 1. The first kappa shape index (κ1) is 5.77. The first-order valence-electron chi connectivity index (χ1n) is 2.46. The molecule has 44 valence electrons. The molecule has 0 aliphatic rings. The summed E-state index contributed by atoms with van der Waals surface area (Å²) >= 11 is 0. The van der Waals surface area contributed by atoms with E-state index in [4.69, 9.17) is 6.57 Å². The van der Waals surface area contributed by atoms with Gasteiger partial charge in [0, 0.05) is 0 Å². The van der Waals surface area contributed by atoms with Crippen LogP contribution in [0.2, 0.25) is 0 Å². The van der Waals surface area contributed by atoms with Crippen LogP contribution < -0.4 is 0 Å². The Labute approximate surface area is 52.6 Å². The molecule has 0 heterocycles. The molecule has 0 fully saturated rings. The minimum absolute atomic E-state index is 0.303. The second-order valence-electron chi connectivity index (χ2n) is 1.59. The summed E-state index contributed by atoms with van der Waals surface area (Å²) in [5.41, 5.74) is 0.469. The van der Waals surface area contributed by atoms with E-state index in [0.29, 0.717) is 5.69 Å². The fourth-order valence-corrected chi connectivity index (χ4v) is 0.516. The minimum Gasteiger partial charge on any atom is -0.238 e. The Hall–Kier alpha value is -1.36. The number of rotatable bonds is 0. The number of halogens is 1. The van der Waals surface area contributed by atoms with Crippen molar-refractivity contribution in [3.8, 4) is 0 Å². The Balaban J connectivity index is 3.06. The van der Waals surface area contributed by atoms with Crippen molar-refractivity contribution >= 4 is 5.69 Å². The van der Waals surface area contributed by atoms with Gasteiger partial charge in [-0.05, 0) is 12.1 Å². The molecule has 1 aromatic rings. The molecule has 0 bridgehead atoms. The number of hydrogen-bond acceptors (Lipinski definition) is 0. The van der Waals surface area contributed by atoms with Crippen molar-refractivity contribution in [2.24, 2.45) is 0 Å². The zero-order chi connectivity index (χ0) is 6.69. The van der Waals surface area contributed by atoms with E-state index < -0.39 is 0 Å². The molecule has 0 N–H and O–H groups in total. The first-order chi connectivity index (χ1) is 4.33. The Morgan fingerprint density at radius 2 is 1.78 bits per heavy atom. The lowest BCUT2D eigenvalue weighted by Crippen LogP contribution is -1.66. The molecular formula is C7H4FN. The van der Waals surface area contributed by atoms with Gasteiger partial charge in [-0.25, -0.2) is 9.24 Å². The van der Waals surface area contributed by atoms with Gasteiger partial charge in [0.25, 0.3) is 0 Å². The molecule has 0 atom stereocenters. The summed E-state index contributed by atoms with van der Waals surface area (Å²) in [6.07, 6.45) is 0. The number of hydrogen-bond donors (Lipinski definition) is 0. The van der Waals surface area contributed by atoms with Gasteiger partial charge in [-0.15, -0.1) is 0 Å². The van der Waals surface area contributed by atoms with Gasteiger partial charge in [-0.2, -0.15) is 0 Å². The van der Waals surface area contributed by atoms with E-state index >= 15 is 0 Å². The lowest BCUT2D eigenvalue weighted by molar-refractivity contribution is 0.628. The van der Waals surface area contributed by atoms with Crippen molar-refractivity contribution in [1.29, 1.82) is 0 Å². The molecule has 2 heteroatoms. The smallest absolute Gasteiger partial charge is 0.187 e. The van der Waals surface area contributed by atoms with Gasteiger partial charge < -0.3 is 0 Å². The van der Waals surface area contributed by atoms with Crippen LogP contribution in [0.25, 0.3) is 4.85 Å². The molecule has 0 amide bonds. The van der Waals surface area contributed by atoms with E-state index in [9.17, 15) is 4.39 Å². The van der Waals surface area contributed by atoms with Gasteiger partial charge in [0.2, 0.25) is 0 Å². The first-order valence-corrected chi connectivity index (χ1v) is 2.46. The van der Waals surface area contributed by atoms with Crippen LogP contribution in [-0.2, 0) is 0 Å². The Bertz CT molecular complexity index is 232. The Morgan fingerprint density at radius 3 is 2.22 bits per heavy atom. The van der Waals surface area contributed by atoms with Crippen molar-refractivity contribution in [2.75, 3.05) is 0 Å². The van der Waals surface area contributed by atoms with E-state index in [-0.39, 0.29) is 5.82 Å². The van der Waals surface area contributed by atoms with E-state index in [1.165, 1.54) is 24.3 Å². The second kappa shape index (κ2) is 2.27. The molecule has 1 aromatic carbocycles. The summed E-state index contributed by atoms with van der Waals surface area (Å²) in [4.78, 5) is 3.10. The summed E-state index contributed by atoms with van der Waals surface area (Å²) in [5, 5.41) is 0. The summed E-state index contributed by atoms with van der Waals surface area (Å²) in [5.74, 6) is -0.303. The zero-order valence-corrected chi connectivity index (χ0v) is 4.63. The van der Waals surface area contributed by atoms with Crippen molar-refractivity contribution in [3.05, 3.63) is 41.5 Å². The standard InChI is InChI=1S/C7H4FN/c1-9-7-4-2-6(8)3-5-7/h2-5H/i8-1. The molecule has 0 saturated heterocycles. The second-order valence-corrected chi connectivity index (χ2v) is 1.59. The SMILES string of the molecule is [C-]#[N+]c1ccc([18F])cc1. The van der Waals surface area contributed by atoms with Crippen LogP contribution in [0.3, 0.4) is 0 Å². The third kappa shape index (κ3) is 1.26. The fraction of sp³-hybridized carbons (Fsp3) is 0. The normalized spacial score (nSPS) is 8.44. The van der Waals surface area contributed by atoms with Crippen LogP contribution in [0.1, 0.15) is 0 Å². The molecular weight excluding hydrogens is 116 g/mol. The highest BCUT2D eigenvalue weighted by molar-refractivity contribution is 5.43. The van der Waals surface area contributed by atoms with Gasteiger partial charge in [-0.3, -0.25) is 0 Å². The predicted octanol–water partition coefficient (Wildman–Crippen LogP) is 2.38. The van der Waals surface area contributed by atoms with Crippen molar-refractivity contribution in [2.45, 2.75) is 0 Å². The van der Waals surface area contributed by atoms with Gasteiger partial charge in [0.05, 0.1) is 6.57 Å². The van der Waals surface area contributed by atoms with Gasteiger partial charge in [0.1, 0.15) is 5.82 Å². The van der Waals surface area contributed by atoms with Crippen LogP contribution in [0.5, 0.6) is 0 Å². The highest BCUT2D eigenvalue weighted by Gasteiger charge is 1.88. The monoisotopic (exact) mass is 120 g/mol. The summed E-state index contributed by atoms with van der Waals surface area (Å²) in [6, 6.07) is 5.44. The molecule has 0 radical (unpaired) electrons. The van der Waals surface area contributed by atoms with Crippen LogP contribution in [0.4, 0.5) is 10.1 Å². The highest BCUT2D eigenvalue weighted by Crippen LogP contribution is 2.10. The Kier molecular flexibility index (Phi) is 1.46. The van der Waals surface area contributed by atoms with Crippen LogP contribution >= 0.6 is 0 Å². The van der Waals surface area contributed by atoms with E-state index in [1.807, 2.05) is 0 Å². The molecule has 0 aromatic heterocycles. The van der Waals surface area contributed by atoms with Crippen LogP contribution in [0, 0.1) is 12.4 Å². The third-order valence-corrected chi connectivity index (χ3v) is 0.956. The molecule has 0 aliphatic heterocycles. The topological polar surface area (TPSA) is 4.36 Å². The lowest BCUT2D eigenvalue weighted by Gasteiger charge is -1.85. The molecule has 9 heavy (non-hydrogen) atoms. The largest absolute Gasteiger partial charge is 0.238 e. The molecule has 1 nitrogen and oxygen atoms in total. The van der Waals surface area contributed by atoms with Gasteiger partial charge >= 0.3 is 0 Å². The Morgan fingerprint density at radius 1 is 1.22 bits per heavy atom. The van der Waals surface area contributed by atoms with E-state index in [0.717, 1.165) is 0 Å². The molecule has 1 rings (SSSR count). The minimum atomic E-state index is -0.303. The van der Waals surface area contributed by atoms with Crippen molar-refractivity contribution < 1.29 is 4.39 Å². The van der Waals surface area contributed by atoms with Crippen molar-refractivity contribution in [1.82, 2.24) is 0 Å². The van der Waals surface area contributed by atoms with Gasteiger partial charge in [-0.1, -0.05) is 12.1 Å². The van der Waals surface area contributed by atoms with Crippen molar-refractivity contribution in [3.63, 3.8) is 0 Å². The summed E-state index contributed by atoms with van der Waals surface area (Å²) in [7, 11) is 0. The average Bonchev–Trinajstić information content (AvgIpc) is 1.90. The predicted molar refractivity (Wildman–Crippen MR) is 32.7 cm³/mol. The maximum Gasteiger partial charge on any atom is 0.187 e. The summed E-state index contributed by atoms with van der Waals surface area (Å²) < 4.78 is 12.1. The fourth-order valence-electron chi connectivity index (χ4n) is 0.516. The van der Waals surface area contributed by atoms with E-state index in [1.54, 1.807) is 0 Å². The van der Waals surface area contributed by atoms with E-state index in [2.05, 4.69) is 4.85 Å². The van der Waals surface area contributed by atoms with Gasteiger partial charge in [0.15, 0.2) is 5.69 Å². The maximum atomic E-state index is 12.1. The highest BCUT2D eigenvalue weighted by atomic mass is 18.2. The van der Waals surface area contributed by atoms with Crippen LogP contribution in [0.15, 0.2) is 24.3 Å². The quantitative estimate of drug-likeness (QED) is 0.463. The van der Waals surface area contributed by atoms with Crippen LogP contribution in [-0.4, -0.2) is 0 Å². The maximum absolute atomic E-state index is 12.1. The molecule has 0 spiro atoms. The lowest BCUT2D eigenvalue weighted by atomic mass is 10.3. The number of nitrogens with zero attached hydrogens (tertiary/aromatic N) is 1.